The van der Waals surface area contributed by atoms with Crippen molar-refractivity contribution in [1.29, 1.82) is 0 Å². The van der Waals surface area contributed by atoms with Gasteiger partial charge < -0.3 is 4.90 Å². The van der Waals surface area contributed by atoms with Gasteiger partial charge in [0.15, 0.2) is 0 Å². The normalized spacial score (nSPS) is 28.5. The van der Waals surface area contributed by atoms with Gasteiger partial charge in [-0.25, -0.2) is 13.1 Å². The Morgan fingerprint density at radius 3 is 2.67 bits per heavy atom. The number of fused-ring (bicyclic) bond motifs is 2. The van der Waals surface area contributed by atoms with Crippen molar-refractivity contribution in [2.75, 3.05) is 25.9 Å². The Bertz CT molecular complexity index is 809. The van der Waals surface area contributed by atoms with E-state index in [1.807, 2.05) is 6.07 Å². The fourth-order valence-electron chi connectivity index (χ4n) is 5.57. The molecule has 5 heteroatoms. The summed E-state index contributed by atoms with van der Waals surface area (Å²) in [5.74, 6) is 1.46. The van der Waals surface area contributed by atoms with Gasteiger partial charge in [0.2, 0.25) is 10.0 Å². The number of sulfonamides is 1. The number of benzene rings is 1. The molecule has 3 aliphatic rings. The van der Waals surface area contributed by atoms with Crippen molar-refractivity contribution in [2.45, 2.75) is 50.5 Å². The molecule has 1 saturated heterocycles. The topological polar surface area (TPSA) is 49.4 Å². The molecule has 1 fully saturated rings. The Hall–Kier alpha value is -1.17. The molecule has 1 N–H and O–H groups in total. The zero-order chi connectivity index (χ0) is 19.1. The first kappa shape index (κ1) is 19.2. The number of piperidine rings is 1. The van der Waals surface area contributed by atoms with Crippen LogP contribution in [0.15, 0.2) is 36.4 Å². The maximum atomic E-state index is 11.8. The summed E-state index contributed by atoms with van der Waals surface area (Å²) in [6.07, 6.45) is 11.7. The van der Waals surface area contributed by atoms with Gasteiger partial charge in [-0.05, 0) is 73.6 Å². The molecule has 1 heterocycles. The summed E-state index contributed by atoms with van der Waals surface area (Å²) in [5, 5.41) is 0. The lowest BCUT2D eigenvalue weighted by Gasteiger charge is -2.41. The number of hydrogen-bond donors (Lipinski definition) is 1. The van der Waals surface area contributed by atoms with Crippen molar-refractivity contribution < 1.29 is 8.42 Å². The maximum Gasteiger partial charge on any atom is 0.209 e. The number of rotatable bonds is 5. The maximum absolute atomic E-state index is 11.8. The highest BCUT2D eigenvalue weighted by Gasteiger charge is 2.46. The highest BCUT2D eigenvalue weighted by atomic mass is 32.2. The van der Waals surface area contributed by atoms with Crippen LogP contribution in [0, 0.1) is 11.8 Å². The van der Waals surface area contributed by atoms with E-state index in [9.17, 15) is 8.42 Å². The summed E-state index contributed by atoms with van der Waals surface area (Å²) in [5.41, 5.74) is 2.68. The van der Waals surface area contributed by atoms with Crippen LogP contribution in [0.1, 0.15) is 56.2 Å². The third-order valence-corrected chi connectivity index (χ3v) is 7.71. The molecule has 0 aromatic heterocycles. The Morgan fingerprint density at radius 1 is 1.26 bits per heavy atom. The van der Waals surface area contributed by atoms with Gasteiger partial charge in [0.1, 0.15) is 0 Å². The van der Waals surface area contributed by atoms with Crippen molar-refractivity contribution >= 4 is 10.0 Å². The van der Waals surface area contributed by atoms with Crippen molar-refractivity contribution in [1.82, 2.24) is 9.62 Å². The Balaban J connectivity index is 1.45. The lowest BCUT2D eigenvalue weighted by molar-refractivity contribution is 0.130. The Kier molecular flexibility index (Phi) is 5.21. The molecule has 4 nitrogen and oxygen atoms in total. The molecule has 0 unspecified atom stereocenters. The highest BCUT2D eigenvalue weighted by molar-refractivity contribution is 7.88. The average Bonchev–Trinajstić information content (AvgIpc) is 3.25. The number of nitrogens with zero attached hydrogens (tertiary/aromatic N) is 1. The molecule has 0 bridgehead atoms. The molecular formula is C22H32N2O2S. The Morgan fingerprint density at radius 2 is 2.00 bits per heavy atom. The van der Waals surface area contributed by atoms with Crippen LogP contribution in [0.25, 0.3) is 0 Å². The van der Waals surface area contributed by atoms with Crippen molar-refractivity contribution in [3.8, 4) is 0 Å². The molecule has 2 aliphatic carbocycles. The quantitative estimate of drug-likeness (QED) is 0.784. The summed E-state index contributed by atoms with van der Waals surface area (Å²) in [7, 11) is -3.21. The largest absolute Gasteiger partial charge is 0.303 e. The van der Waals surface area contributed by atoms with Crippen molar-refractivity contribution in [3.05, 3.63) is 47.5 Å². The molecule has 27 heavy (non-hydrogen) atoms. The van der Waals surface area contributed by atoms with Gasteiger partial charge >= 0.3 is 0 Å². The predicted molar refractivity (Wildman–Crippen MR) is 110 cm³/mol. The van der Waals surface area contributed by atoms with Gasteiger partial charge in [-0.15, -0.1) is 0 Å². The standard InChI is InChI=1S/C22H32N2O2S/c1-17(18-7-3-4-8-18)16-24-13-11-22(12-14-24)15-21(23-27(2,25)26)19-9-5-6-10-20(19)22/h3,5-7,9-10,17-18,21,23H,4,8,11-16H2,1-2H3/t17-,18+,21+/m1/s1. The van der Waals surface area contributed by atoms with E-state index < -0.39 is 10.0 Å². The number of likely N-dealkylation sites (tertiary alicyclic amines) is 1. The van der Waals surface area contributed by atoms with E-state index >= 15 is 0 Å². The Labute approximate surface area is 164 Å². The van der Waals surface area contributed by atoms with Crippen LogP contribution in [0.5, 0.6) is 0 Å². The molecule has 148 valence electrons. The van der Waals surface area contributed by atoms with Crippen LogP contribution >= 0.6 is 0 Å². The SMILES string of the molecule is C[C@H](CN1CCC2(CC1)C[C@H](NS(C)(=O)=O)c1ccccc12)[C@H]1C=CCC1. The van der Waals surface area contributed by atoms with Crippen LogP contribution in [-0.4, -0.2) is 39.2 Å². The van der Waals surface area contributed by atoms with E-state index in [4.69, 9.17) is 0 Å². The lowest BCUT2D eigenvalue weighted by Crippen LogP contribution is -2.44. The molecule has 4 rings (SSSR count). The molecule has 3 atom stereocenters. The van der Waals surface area contributed by atoms with Gasteiger partial charge in [0.05, 0.1) is 6.26 Å². The summed E-state index contributed by atoms with van der Waals surface area (Å²) in [6, 6.07) is 8.38. The minimum Gasteiger partial charge on any atom is -0.303 e. The zero-order valence-electron chi connectivity index (χ0n) is 16.5. The van der Waals surface area contributed by atoms with E-state index in [0.717, 1.165) is 38.3 Å². The number of nitrogens with one attached hydrogen (secondary N) is 1. The molecule has 1 spiro atoms. The number of allylic oxidation sites excluding steroid dienone is 2. The van der Waals surface area contributed by atoms with Crippen LogP contribution in [0.4, 0.5) is 0 Å². The first-order valence-corrected chi connectivity index (χ1v) is 12.2. The van der Waals surface area contributed by atoms with E-state index in [-0.39, 0.29) is 11.5 Å². The van der Waals surface area contributed by atoms with Gasteiger partial charge in [0.25, 0.3) is 0 Å². The second-order valence-electron chi connectivity index (χ2n) is 8.96. The molecule has 1 aliphatic heterocycles. The third-order valence-electron chi connectivity index (χ3n) is 7.00. The first-order chi connectivity index (χ1) is 12.9. The minimum atomic E-state index is -3.21. The molecule has 0 radical (unpaired) electrons. The summed E-state index contributed by atoms with van der Waals surface area (Å²) in [6.45, 7) is 5.79. The van der Waals surface area contributed by atoms with E-state index in [1.165, 1.54) is 36.8 Å². The second kappa shape index (κ2) is 7.34. The van der Waals surface area contributed by atoms with Crippen LogP contribution in [0.3, 0.4) is 0 Å². The smallest absolute Gasteiger partial charge is 0.209 e. The second-order valence-corrected chi connectivity index (χ2v) is 10.7. The first-order valence-electron chi connectivity index (χ1n) is 10.3. The monoisotopic (exact) mass is 388 g/mol. The summed E-state index contributed by atoms with van der Waals surface area (Å²) >= 11 is 0. The van der Waals surface area contributed by atoms with Crippen LogP contribution < -0.4 is 4.72 Å². The van der Waals surface area contributed by atoms with Crippen LogP contribution in [0.2, 0.25) is 0 Å². The van der Waals surface area contributed by atoms with Gasteiger partial charge in [0, 0.05) is 12.6 Å². The molecule has 1 aromatic carbocycles. The van der Waals surface area contributed by atoms with Crippen molar-refractivity contribution in [3.63, 3.8) is 0 Å². The van der Waals surface area contributed by atoms with Gasteiger partial charge in [-0.3, -0.25) is 0 Å². The summed E-state index contributed by atoms with van der Waals surface area (Å²) < 4.78 is 26.6. The van der Waals surface area contributed by atoms with E-state index in [0.29, 0.717) is 5.92 Å². The lowest BCUT2D eigenvalue weighted by atomic mass is 9.73. The highest BCUT2D eigenvalue weighted by Crippen LogP contribution is 2.51. The fourth-order valence-corrected chi connectivity index (χ4v) is 6.30. The van der Waals surface area contributed by atoms with Crippen LogP contribution in [-0.2, 0) is 15.4 Å². The molecule has 1 aromatic rings. The molecule has 0 saturated carbocycles. The predicted octanol–water partition coefficient (Wildman–Crippen LogP) is 3.62. The van der Waals surface area contributed by atoms with E-state index in [1.54, 1.807) is 0 Å². The van der Waals surface area contributed by atoms with Crippen molar-refractivity contribution in [2.24, 2.45) is 11.8 Å². The van der Waals surface area contributed by atoms with E-state index in [2.05, 4.69) is 46.9 Å². The third kappa shape index (κ3) is 4.01. The molecular weight excluding hydrogens is 356 g/mol. The van der Waals surface area contributed by atoms with Gasteiger partial charge in [-0.2, -0.15) is 0 Å². The minimum absolute atomic E-state index is 0.0784. The molecule has 0 amide bonds. The number of hydrogen-bond acceptors (Lipinski definition) is 3. The zero-order valence-corrected chi connectivity index (χ0v) is 17.3. The summed E-state index contributed by atoms with van der Waals surface area (Å²) in [4.78, 5) is 2.63. The fraction of sp³-hybridized carbons (Fsp3) is 0.636. The average molecular weight is 389 g/mol. The van der Waals surface area contributed by atoms with Gasteiger partial charge in [-0.1, -0.05) is 43.3 Å².